The van der Waals surface area contributed by atoms with E-state index in [2.05, 4.69) is 56.5 Å². The van der Waals surface area contributed by atoms with Crippen LogP contribution in [0.25, 0.3) is 0 Å². The molecule has 0 unspecified atom stereocenters. The number of rotatable bonds is 2. The lowest BCUT2D eigenvalue weighted by atomic mass is 10.2. The van der Waals surface area contributed by atoms with Crippen molar-refractivity contribution in [3.8, 4) is 0 Å². The summed E-state index contributed by atoms with van der Waals surface area (Å²) in [6, 6.07) is 7.00. The van der Waals surface area contributed by atoms with Gasteiger partial charge in [-0.3, -0.25) is 0 Å². The van der Waals surface area contributed by atoms with E-state index >= 15 is 0 Å². The average Bonchev–Trinajstić information content (AvgIpc) is 2.36. The molecule has 0 bridgehead atoms. The maximum atomic E-state index is 3.51. The van der Waals surface area contributed by atoms with Gasteiger partial charge in [0.25, 0.3) is 0 Å². The van der Waals surface area contributed by atoms with Crippen molar-refractivity contribution < 1.29 is 0 Å². The summed E-state index contributed by atoms with van der Waals surface area (Å²) in [6.07, 6.45) is 0. The van der Waals surface area contributed by atoms with Gasteiger partial charge >= 0.3 is 0 Å². The first kappa shape index (κ1) is 10.7. The molecule has 0 saturated heterocycles. The molecule has 1 heterocycles. The molecular formula is C12H18N2S. The standard InChI is InChI=1S/C12H18N2S/c1-8(2)13-9-5-6-11-10(7-9)14-12(3,4)15-11/h5-8,13-14H,1-4H3. The third-order valence-electron chi connectivity index (χ3n) is 2.24. The van der Waals surface area contributed by atoms with Crippen LogP contribution in [-0.2, 0) is 0 Å². The fourth-order valence-electron chi connectivity index (χ4n) is 1.76. The van der Waals surface area contributed by atoms with Gasteiger partial charge in [-0.2, -0.15) is 0 Å². The Morgan fingerprint density at radius 3 is 2.73 bits per heavy atom. The minimum absolute atomic E-state index is 0.124. The van der Waals surface area contributed by atoms with E-state index in [-0.39, 0.29) is 4.87 Å². The molecule has 2 rings (SSSR count). The lowest BCUT2D eigenvalue weighted by molar-refractivity contribution is 0.836. The number of hydrogen-bond donors (Lipinski definition) is 2. The zero-order chi connectivity index (χ0) is 11.1. The van der Waals surface area contributed by atoms with E-state index in [1.807, 2.05) is 11.8 Å². The van der Waals surface area contributed by atoms with Gasteiger partial charge in [0.2, 0.25) is 0 Å². The van der Waals surface area contributed by atoms with Crippen LogP contribution in [0.5, 0.6) is 0 Å². The van der Waals surface area contributed by atoms with Gasteiger partial charge in [0.15, 0.2) is 0 Å². The average molecular weight is 222 g/mol. The summed E-state index contributed by atoms with van der Waals surface area (Å²) < 4.78 is 0. The molecule has 0 saturated carbocycles. The first-order chi connectivity index (χ1) is 6.96. The highest BCUT2D eigenvalue weighted by molar-refractivity contribution is 8.01. The molecule has 0 atom stereocenters. The van der Waals surface area contributed by atoms with Crippen LogP contribution in [0.4, 0.5) is 11.4 Å². The van der Waals surface area contributed by atoms with E-state index in [1.54, 1.807) is 0 Å². The first-order valence-corrected chi connectivity index (χ1v) is 6.16. The number of nitrogens with one attached hydrogen (secondary N) is 2. The molecule has 0 aromatic heterocycles. The van der Waals surface area contributed by atoms with Crippen molar-refractivity contribution in [3.05, 3.63) is 18.2 Å². The predicted octanol–water partition coefficient (Wildman–Crippen LogP) is 3.76. The van der Waals surface area contributed by atoms with Crippen molar-refractivity contribution in [1.29, 1.82) is 0 Å². The number of thioether (sulfide) groups is 1. The van der Waals surface area contributed by atoms with Crippen LogP contribution in [0.3, 0.4) is 0 Å². The molecule has 15 heavy (non-hydrogen) atoms. The third-order valence-corrected chi connectivity index (χ3v) is 3.42. The third kappa shape index (κ3) is 2.40. The second kappa shape index (κ2) is 3.63. The van der Waals surface area contributed by atoms with Crippen LogP contribution < -0.4 is 10.6 Å². The quantitative estimate of drug-likeness (QED) is 0.796. The highest BCUT2D eigenvalue weighted by Crippen LogP contribution is 2.45. The monoisotopic (exact) mass is 222 g/mol. The van der Waals surface area contributed by atoms with E-state index in [0.717, 1.165) is 0 Å². The van der Waals surface area contributed by atoms with Crippen molar-refractivity contribution in [2.45, 2.75) is 43.5 Å². The van der Waals surface area contributed by atoms with Crippen LogP contribution in [0.1, 0.15) is 27.7 Å². The summed E-state index contributed by atoms with van der Waals surface area (Å²) in [4.78, 5) is 1.47. The fraction of sp³-hybridized carbons (Fsp3) is 0.500. The molecule has 0 amide bonds. The van der Waals surface area contributed by atoms with Gasteiger partial charge in [0, 0.05) is 16.6 Å². The van der Waals surface area contributed by atoms with E-state index in [1.165, 1.54) is 16.3 Å². The van der Waals surface area contributed by atoms with Crippen molar-refractivity contribution >= 4 is 23.1 Å². The molecule has 1 aromatic rings. The van der Waals surface area contributed by atoms with Crippen LogP contribution >= 0.6 is 11.8 Å². The Labute approximate surface area is 95.8 Å². The Bertz CT molecular complexity index is 372. The smallest absolute Gasteiger partial charge is 0.0824 e. The zero-order valence-electron chi connectivity index (χ0n) is 9.72. The van der Waals surface area contributed by atoms with Crippen molar-refractivity contribution in [1.82, 2.24) is 0 Å². The number of benzene rings is 1. The van der Waals surface area contributed by atoms with Crippen LogP contribution in [0.15, 0.2) is 23.1 Å². The second-order valence-electron chi connectivity index (χ2n) is 4.75. The summed E-state index contributed by atoms with van der Waals surface area (Å²) >= 11 is 1.88. The number of anilines is 2. The topological polar surface area (TPSA) is 24.1 Å². The summed E-state index contributed by atoms with van der Waals surface area (Å²) in [5.74, 6) is 0. The van der Waals surface area contributed by atoms with E-state index in [4.69, 9.17) is 0 Å². The second-order valence-corrected chi connectivity index (χ2v) is 6.41. The molecule has 2 nitrogen and oxygen atoms in total. The van der Waals surface area contributed by atoms with Crippen molar-refractivity contribution in [3.63, 3.8) is 0 Å². The highest BCUT2D eigenvalue weighted by atomic mass is 32.2. The van der Waals surface area contributed by atoms with E-state index in [9.17, 15) is 0 Å². The lowest BCUT2D eigenvalue weighted by Gasteiger charge is -2.16. The SMILES string of the molecule is CC(C)Nc1ccc2c(c1)NC(C)(C)S2. The van der Waals surface area contributed by atoms with Crippen LogP contribution in [-0.4, -0.2) is 10.9 Å². The molecule has 1 aliphatic heterocycles. The summed E-state index contributed by atoms with van der Waals surface area (Å²) in [7, 11) is 0. The molecule has 0 spiro atoms. The lowest BCUT2D eigenvalue weighted by Crippen LogP contribution is -2.21. The normalized spacial score (nSPS) is 17.4. The molecule has 82 valence electrons. The molecular weight excluding hydrogens is 204 g/mol. The van der Waals surface area contributed by atoms with Gasteiger partial charge in [0.1, 0.15) is 0 Å². The van der Waals surface area contributed by atoms with Gasteiger partial charge in [-0.1, -0.05) is 11.8 Å². The Hall–Kier alpha value is -0.830. The largest absolute Gasteiger partial charge is 0.383 e. The molecule has 0 aliphatic carbocycles. The minimum atomic E-state index is 0.124. The van der Waals surface area contributed by atoms with Gasteiger partial charge in [-0.05, 0) is 45.9 Å². The van der Waals surface area contributed by atoms with Gasteiger partial charge < -0.3 is 10.6 Å². The first-order valence-electron chi connectivity index (χ1n) is 5.34. The van der Waals surface area contributed by atoms with Gasteiger partial charge in [-0.25, -0.2) is 0 Å². The predicted molar refractivity (Wildman–Crippen MR) is 68.8 cm³/mol. The number of hydrogen-bond acceptors (Lipinski definition) is 3. The summed E-state index contributed by atoms with van der Waals surface area (Å²) in [6.45, 7) is 8.71. The van der Waals surface area contributed by atoms with Crippen molar-refractivity contribution in [2.24, 2.45) is 0 Å². The molecule has 0 radical (unpaired) electrons. The fourth-order valence-corrected chi connectivity index (χ4v) is 2.83. The molecule has 0 fully saturated rings. The maximum absolute atomic E-state index is 3.51. The summed E-state index contributed by atoms with van der Waals surface area (Å²) in [5.41, 5.74) is 2.44. The Morgan fingerprint density at radius 2 is 2.07 bits per heavy atom. The molecule has 3 heteroatoms. The Balaban J connectivity index is 2.23. The summed E-state index contributed by atoms with van der Waals surface area (Å²) in [5, 5.41) is 6.92. The Kier molecular flexibility index (Phi) is 2.59. The van der Waals surface area contributed by atoms with E-state index < -0.39 is 0 Å². The van der Waals surface area contributed by atoms with E-state index in [0.29, 0.717) is 6.04 Å². The molecule has 2 N–H and O–H groups in total. The Morgan fingerprint density at radius 1 is 1.33 bits per heavy atom. The van der Waals surface area contributed by atoms with Crippen LogP contribution in [0, 0.1) is 0 Å². The molecule has 1 aromatic carbocycles. The molecule has 1 aliphatic rings. The van der Waals surface area contributed by atoms with Gasteiger partial charge in [-0.15, -0.1) is 0 Å². The van der Waals surface area contributed by atoms with Gasteiger partial charge in [0.05, 0.1) is 10.6 Å². The van der Waals surface area contributed by atoms with Crippen LogP contribution in [0.2, 0.25) is 0 Å². The highest BCUT2D eigenvalue weighted by Gasteiger charge is 2.28. The van der Waals surface area contributed by atoms with Crippen molar-refractivity contribution in [2.75, 3.05) is 10.6 Å². The minimum Gasteiger partial charge on any atom is -0.383 e. The zero-order valence-corrected chi connectivity index (χ0v) is 10.5. The maximum Gasteiger partial charge on any atom is 0.0824 e. The number of fused-ring (bicyclic) bond motifs is 1.